The summed E-state index contributed by atoms with van der Waals surface area (Å²) in [4.78, 5) is 26.4. The quantitative estimate of drug-likeness (QED) is 0.594. The van der Waals surface area contributed by atoms with Gasteiger partial charge in [-0.05, 0) is 30.9 Å². The molecule has 0 aliphatic heterocycles. The van der Waals surface area contributed by atoms with E-state index in [1.807, 2.05) is 30.3 Å². The van der Waals surface area contributed by atoms with E-state index in [4.69, 9.17) is 5.11 Å². The molecule has 0 unspecified atom stereocenters. The highest BCUT2D eigenvalue weighted by Crippen LogP contribution is 2.29. The number of ether oxygens (including phenoxy) is 1. The molecule has 0 spiro atoms. The zero-order chi connectivity index (χ0) is 23.6. The number of aromatic nitrogens is 3. The Balaban J connectivity index is 0.000000454. The summed E-state index contributed by atoms with van der Waals surface area (Å²) in [5.41, 5.74) is 2.08. The first-order chi connectivity index (χ1) is 16.0. The molecule has 1 aromatic heterocycles. The predicted molar refractivity (Wildman–Crippen MR) is 123 cm³/mol. The van der Waals surface area contributed by atoms with Gasteiger partial charge in [-0.2, -0.15) is 10.1 Å². The molecule has 1 saturated carbocycles. The molecule has 4 rings (SSSR count). The number of hydrogen-bond donors (Lipinski definition) is 1. The van der Waals surface area contributed by atoms with Crippen molar-refractivity contribution in [3.8, 4) is 22.5 Å². The third-order valence-corrected chi connectivity index (χ3v) is 5.44. The number of aliphatic carboxylic acids is 1. The fourth-order valence-electron chi connectivity index (χ4n) is 3.90. The van der Waals surface area contributed by atoms with Gasteiger partial charge < -0.3 is 9.84 Å². The Morgan fingerprint density at radius 3 is 2.36 bits per heavy atom. The molecule has 1 aliphatic carbocycles. The molecule has 8 heteroatoms. The van der Waals surface area contributed by atoms with E-state index in [-0.39, 0.29) is 18.1 Å². The highest BCUT2D eigenvalue weighted by atomic mass is 19.1. The van der Waals surface area contributed by atoms with Crippen LogP contribution in [0.3, 0.4) is 0 Å². The molecule has 3 aromatic rings. The molecule has 0 saturated heterocycles. The zero-order valence-electron chi connectivity index (χ0n) is 18.6. The van der Waals surface area contributed by atoms with Crippen LogP contribution in [0, 0.1) is 11.7 Å². The minimum atomic E-state index is -0.933. The van der Waals surface area contributed by atoms with Crippen LogP contribution in [0.2, 0.25) is 0 Å². The Morgan fingerprint density at radius 1 is 1.06 bits per heavy atom. The van der Waals surface area contributed by atoms with E-state index in [9.17, 15) is 14.0 Å². The standard InChI is InChI=1S/C22H22FN3O.C3H6O3/c23-19-13-7-12-18(14-19)20-21(17-10-5-2-6-11-17)25-26(22(27)24-20)15-16-8-3-1-4-9-16;1-6-2-3(4)5/h2,5-7,10-14,16H,1,3-4,8-9,15H2;2H2,1H3,(H,4,5). The van der Waals surface area contributed by atoms with Crippen LogP contribution in [0.25, 0.3) is 22.5 Å². The van der Waals surface area contributed by atoms with Gasteiger partial charge in [-0.15, -0.1) is 0 Å². The zero-order valence-corrected chi connectivity index (χ0v) is 18.6. The van der Waals surface area contributed by atoms with Crippen LogP contribution in [0.4, 0.5) is 4.39 Å². The van der Waals surface area contributed by atoms with Crippen molar-refractivity contribution in [1.29, 1.82) is 0 Å². The van der Waals surface area contributed by atoms with Crippen LogP contribution in [-0.2, 0) is 16.1 Å². The minimum Gasteiger partial charge on any atom is -0.480 e. The maximum atomic E-state index is 13.7. The van der Waals surface area contributed by atoms with Gasteiger partial charge in [0.05, 0.1) is 0 Å². The number of halogens is 1. The molecule has 1 N–H and O–H groups in total. The lowest BCUT2D eigenvalue weighted by Crippen LogP contribution is -2.30. The van der Waals surface area contributed by atoms with Gasteiger partial charge in [-0.25, -0.2) is 18.7 Å². The average molecular weight is 454 g/mol. The van der Waals surface area contributed by atoms with Crippen LogP contribution in [-0.4, -0.2) is 39.6 Å². The summed E-state index contributed by atoms with van der Waals surface area (Å²) in [6.07, 6.45) is 5.94. The van der Waals surface area contributed by atoms with Gasteiger partial charge in [-0.1, -0.05) is 61.7 Å². The van der Waals surface area contributed by atoms with Crippen LogP contribution in [0.5, 0.6) is 0 Å². The third-order valence-electron chi connectivity index (χ3n) is 5.44. The van der Waals surface area contributed by atoms with Gasteiger partial charge in [0.1, 0.15) is 23.8 Å². The van der Waals surface area contributed by atoms with E-state index in [0.29, 0.717) is 29.4 Å². The van der Waals surface area contributed by atoms with Crippen molar-refractivity contribution < 1.29 is 19.0 Å². The summed E-state index contributed by atoms with van der Waals surface area (Å²) < 4.78 is 19.4. The predicted octanol–water partition coefficient (Wildman–Crippen LogP) is 4.41. The molecule has 1 heterocycles. The Morgan fingerprint density at radius 2 is 1.76 bits per heavy atom. The number of carbonyl (C=O) groups is 1. The second-order valence-electron chi connectivity index (χ2n) is 7.98. The van der Waals surface area contributed by atoms with Crippen LogP contribution >= 0.6 is 0 Å². The summed E-state index contributed by atoms with van der Waals surface area (Å²) in [7, 11) is 1.34. The number of carboxylic acid groups (broad SMARTS) is 1. The maximum Gasteiger partial charge on any atom is 0.364 e. The van der Waals surface area contributed by atoms with Crippen molar-refractivity contribution in [2.75, 3.05) is 13.7 Å². The van der Waals surface area contributed by atoms with E-state index >= 15 is 0 Å². The molecule has 0 bridgehead atoms. The molecule has 0 amide bonds. The van der Waals surface area contributed by atoms with Crippen molar-refractivity contribution in [1.82, 2.24) is 14.8 Å². The Hall–Kier alpha value is -3.39. The van der Waals surface area contributed by atoms with Crippen LogP contribution < -0.4 is 5.69 Å². The lowest BCUT2D eigenvalue weighted by Gasteiger charge is -2.22. The largest absolute Gasteiger partial charge is 0.480 e. The average Bonchev–Trinajstić information content (AvgIpc) is 2.82. The number of nitrogens with zero attached hydrogens (tertiary/aromatic N) is 3. The van der Waals surface area contributed by atoms with Gasteiger partial charge in [0.25, 0.3) is 0 Å². The second-order valence-corrected chi connectivity index (χ2v) is 7.98. The van der Waals surface area contributed by atoms with Crippen LogP contribution in [0.1, 0.15) is 32.1 Å². The molecule has 33 heavy (non-hydrogen) atoms. The number of hydrogen-bond acceptors (Lipinski definition) is 5. The van der Waals surface area contributed by atoms with Gasteiger partial charge in [0.2, 0.25) is 0 Å². The molecule has 2 aromatic carbocycles. The van der Waals surface area contributed by atoms with E-state index in [1.54, 1.807) is 12.1 Å². The van der Waals surface area contributed by atoms with Gasteiger partial charge >= 0.3 is 11.7 Å². The van der Waals surface area contributed by atoms with Gasteiger partial charge in [0, 0.05) is 24.8 Å². The van der Waals surface area contributed by atoms with E-state index in [1.165, 1.54) is 43.2 Å². The molecular formula is C25H28FN3O4. The molecule has 7 nitrogen and oxygen atoms in total. The fourth-order valence-corrected chi connectivity index (χ4v) is 3.90. The number of carboxylic acids is 1. The summed E-state index contributed by atoms with van der Waals surface area (Å²) >= 11 is 0. The number of benzene rings is 2. The maximum absolute atomic E-state index is 13.7. The molecule has 1 fully saturated rings. The van der Waals surface area contributed by atoms with Crippen molar-refractivity contribution in [2.45, 2.75) is 38.6 Å². The third kappa shape index (κ3) is 7.05. The number of rotatable bonds is 6. The van der Waals surface area contributed by atoms with Crippen molar-refractivity contribution in [2.24, 2.45) is 5.92 Å². The van der Waals surface area contributed by atoms with Crippen molar-refractivity contribution in [3.05, 3.63) is 70.9 Å². The fraction of sp³-hybridized carbons (Fsp3) is 0.360. The molecular weight excluding hydrogens is 425 g/mol. The Bertz CT molecular complexity index is 1110. The molecule has 0 atom stereocenters. The highest BCUT2D eigenvalue weighted by Gasteiger charge is 2.19. The van der Waals surface area contributed by atoms with E-state index < -0.39 is 5.97 Å². The smallest absolute Gasteiger partial charge is 0.364 e. The first kappa shape index (κ1) is 24.3. The Labute approximate surface area is 191 Å². The van der Waals surface area contributed by atoms with E-state index in [0.717, 1.165) is 18.4 Å². The van der Waals surface area contributed by atoms with E-state index in [2.05, 4.69) is 14.8 Å². The highest BCUT2D eigenvalue weighted by molar-refractivity contribution is 5.77. The molecule has 1 aliphatic rings. The Kier molecular flexibility index (Phi) is 8.83. The summed E-state index contributed by atoms with van der Waals surface area (Å²) in [5, 5.41) is 12.5. The molecule has 0 radical (unpaired) electrons. The summed E-state index contributed by atoms with van der Waals surface area (Å²) in [6.45, 7) is 0.384. The molecule has 174 valence electrons. The number of methoxy groups -OCH3 is 1. The first-order valence-corrected chi connectivity index (χ1v) is 11.0. The second kappa shape index (κ2) is 12.0. The van der Waals surface area contributed by atoms with Gasteiger partial charge in [-0.3, -0.25) is 0 Å². The normalized spacial score (nSPS) is 13.8. The van der Waals surface area contributed by atoms with Gasteiger partial charge in [0.15, 0.2) is 0 Å². The van der Waals surface area contributed by atoms with Crippen molar-refractivity contribution >= 4 is 5.97 Å². The topological polar surface area (TPSA) is 94.3 Å². The lowest BCUT2D eigenvalue weighted by atomic mass is 9.89. The SMILES string of the molecule is COCC(=O)O.O=c1nc(-c2cccc(F)c2)c(-c2ccccc2)nn1CC1CCCCC1. The first-order valence-electron chi connectivity index (χ1n) is 11.0. The lowest BCUT2D eigenvalue weighted by molar-refractivity contribution is -0.141. The summed E-state index contributed by atoms with van der Waals surface area (Å²) in [6, 6.07) is 15.8. The summed E-state index contributed by atoms with van der Waals surface area (Å²) in [5.74, 6) is -0.827. The monoisotopic (exact) mass is 453 g/mol. The van der Waals surface area contributed by atoms with Crippen molar-refractivity contribution in [3.63, 3.8) is 0 Å². The minimum absolute atomic E-state index is 0.208. The van der Waals surface area contributed by atoms with Crippen LogP contribution in [0.15, 0.2) is 59.4 Å².